The molecule has 2 rings (SSSR count). The summed E-state index contributed by atoms with van der Waals surface area (Å²) in [5.74, 6) is 3.63. The van der Waals surface area contributed by atoms with Crippen molar-refractivity contribution >= 4 is 0 Å². The Morgan fingerprint density at radius 3 is 2.81 bits per heavy atom. The zero-order chi connectivity index (χ0) is 11.7. The van der Waals surface area contributed by atoms with Gasteiger partial charge >= 0.3 is 0 Å². The molecule has 0 aromatic rings. The first-order chi connectivity index (χ1) is 7.65. The van der Waals surface area contributed by atoms with Gasteiger partial charge in [-0.2, -0.15) is 0 Å². The van der Waals surface area contributed by atoms with Gasteiger partial charge in [0.05, 0.1) is 0 Å². The van der Waals surface area contributed by atoms with Crippen LogP contribution in [-0.2, 0) is 0 Å². The Kier molecular flexibility index (Phi) is 3.56. The van der Waals surface area contributed by atoms with Crippen LogP contribution >= 0.6 is 0 Å². The fourth-order valence-corrected chi connectivity index (χ4v) is 4.08. The van der Waals surface area contributed by atoms with Crippen molar-refractivity contribution < 1.29 is 0 Å². The average Bonchev–Trinajstić information content (AvgIpc) is 2.28. The maximum atomic E-state index is 4.36. The van der Waals surface area contributed by atoms with Gasteiger partial charge in [0.15, 0.2) is 0 Å². The van der Waals surface area contributed by atoms with Crippen LogP contribution in [-0.4, -0.2) is 0 Å². The van der Waals surface area contributed by atoms with Crippen molar-refractivity contribution in [2.24, 2.45) is 23.7 Å². The zero-order valence-corrected chi connectivity index (χ0v) is 11.1. The zero-order valence-electron chi connectivity index (χ0n) is 11.1. The molecule has 90 valence electrons. The number of hydrogen-bond donors (Lipinski definition) is 0. The number of fused-ring (bicyclic) bond motifs is 1. The van der Waals surface area contributed by atoms with E-state index >= 15 is 0 Å². The van der Waals surface area contributed by atoms with Crippen LogP contribution < -0.4 is 0 Å². The molecule has 0 aliphatic heterocycles. The maximum Gasteiger partial charge on any atom is -0.0146 e. The molecule has 0 radical (unpaired) electrons. The van der Waals surface area contributed by atoms with E-state index in [4.69, 9.17) is 0 Å². The van der Waals surface area contributed by atoms with Crippen LogP contribution in [0.3, 0.4) is 0 Å². The molecular formula is C16H26. The summed E-state index contributed by atoms with van der Waals surface area (Å²) in [6, 6.07) is 0. The highest BCUT2D eigenvalue weighted by atomic mass is 14.5. The van der Waals surface area contributed by atoms with Crippen molar-refractivity contribution in [3.8, 4) is 0 Å². The van der Waals surface area contributed by atoms with Crippen molar-refractivity contribution in [2.75, 3.05) is 0 Å². The summed E-state index contributed by atoms with van der Waals surface area (Å²) in [6.45, 7) is 11.5. The van der Waals surface area contributed by atoms with Crippen molar-refractivity contribution in [1.82, 2.24) is 0 Å². The molecule has 2 aliphatic rings. The molecule has 16 heavy (non-hydrogen) atoms. The van der Waals surface area contributed by atoms with Crippen LogP contribution in [0.15, 0.2) is 23.8 Å². The Morgan fingerprint density at radius 2 is 2.12 bits per heavy atom. The lowest BCUT2D eigenvalue weighted by molar-refractivity contribution is 0.00477. The van der Waals surface area contributed by atoms with Crippen LogP contribution in [0.4, 0.5) is 0 Å². The molecule has 4 atom stereocenters. The molecule has 0 spiro atoms. The summed E-state index contributed by atoms with van der Waals surface area (Å²) >= 11 is 0. The van der Waals surface area contributed by atoms with Gasteiger partial charge in [0.1, 0.15) is 0 Å². The van der Waals surface area contributed by atoms with E-state index in [0.29, 0.717) is 0 Å². The van der Waals surface area contributed by atoms with E-state index < -0.39 is 0 Å². The minimum absolute atomic E-state index is 0.837. The first-order valence-electron chi connectivity index (χ1n) is 6.98. The van der Waals surface area contributed by atoms with Crippen LogP contribution in [0.1, 0.15) is 52.9 Å². The molecule has 0 aromatic heterocycles. The normalized spacial score (nSPS) is 43.2. The van der Waals surface area contributed by atoms with Gasteiger partial charge in [0.2, 0.25) is 0 Å². The SMILES string of the molecule is C=C1CC/C=C(/C)CC[C@H]2[C@H](CC)[C@@H](C)[C@H]12. The van der Waals surface area contributed by atoms with E-state index in [1.54, 1.807) is 5.57 Å². The third-order valence-corrected chi connectivity index (χ3v) is 5.03. The summed E-state index contributed by atoms with van der Waals surface area (Å²) < 4.78 is 0. The van der Waals surface area contributed by atoms with Crippen LogP contribution in [0.5, 0.6) is 0 Å². The first-order valence-corrected chi connectivity index (χ1v) is 6.98. The highest BCUT2D eigenvalue weighted by Gasteiger charge is 2.46. The highest BCUT2D eigenvalue weighted by Crippen LogP contribution is 2.54. The van der Waals surface area contributed by atoms with Crippen molar-refractivity contribution in [3.63, 3.8) is 0 Å². The summed E-state index contributed by atoms with van der Waals surface area (Å²) in [4.78, 5) is 0. The second-order valence-corrected chi connectivity index (χ2v) is 5.91. The quantitative estimate of drug-likeness (QED) is 0.545. The maximum absolute atomic E-state index is 4.36. The molecule has 0 unspecified atom stereocenters. The van der Waals surface area contributed by atoms with Gasteiger partial charge in [0, 0.05) is 0 Å². The molecule has 1 fully saturated rings. The molecule has 0 nitrogen and oxygen atoms in total. The Bertz CT molecular complexity index is 297. The predicted octanol–water partition coefficient (Wildman–Crippen LogP) is 4.97. The number of hydrogen-bond acceptors (Lipinski definition) is 0. The third kappa shape index (κ3) is 1.99. The largest absolute Gasteiger partial charge is 0.0995 e. The average molecular weight is 218 g/mol. The molecule has 1 saturated carbocycles. The second kappa shape index (κ2) is 4.77. The minimum Gasteiger partial charge on any atom is -0.0995 e. The van der Waals surface area contributed by atoms with Gasteiger partial charge in [-0.25, -0.2) is 0 Å². The van der Waals surface area contributed by atoms with Crippen LogP contribution in [0.25, 0.3) is 0 Å². The second-order valence-electron chi connectivity index (χ2n) is 5.91. The van der Waals surface area contributed by atoms with E-state index in [-0.39, 0.29) is 0 Å². The summed E-state index contributed by atoms with van der Waals surface area (Å²) in [6.07, 6.45) is 8.95. The fraction of sp³-hybridized carbons (Fsp3) is 0.750. The predicted molar refractivity (Wildman–Crippen MR) is 71.3 cm³/mol. The molecule has 0 N–H and O–H groups in total. The molecule has 0 saturated heterocycles. The Balaban J connectivity index is 2.12. The molecule has 0 heteroatoms. The summed E-state index contributed by atoms with van der Waals surface area (Å²) in [7, 11) is 0. The lowest BCUT2D eigenvalue weighted by atomic mass is 9.53. The van der Waals surface area contributed by atoms with Gasteiger partial charge in [-0.15, -0.1) is 0 Å². The van der Waals surface area contributed by atoms with E-state index in [2.05, 4.69) is 33.4 Å². The topological polar surface area (TPSA) is 0 Å². The van der Waals surface area contributed by atoms with Crippen molar-refractivity contribution in [3.05, 3.63) is 23.8 Å². The van der Waals surface area contributed by atoms with E-state index in [9.17, 15) is 0 Å². The van der Waals surface area contributed by atoms with Gasteiger partial charge < -0.3 is 0 Å². The Hall–Kier alpha value is -0.520. The van der Waals surface area contributed by atoms with E-state index in [1.165, 1.54) is 37.7 Å². The highest BCUT2D eigenvalue weighted by molar-refractivity contribution is 5.16. The van der Waals surface area contributed by atoms with Crippen LogP contribution in [0.2, 0.25) is 0 Å². The van der Waals surface area contributed by atoms with Gasteiger partial charge in [-0.3, -0.25) is 0 Å². The van der Waals surface area contributed by atoms with Gasteiger partial charge in [0.25, 0.3) is 0 Å². The minimum atomic E-state index is 0.837. The number of allylic oxidation sites excluding steroid dienone is 3. The Morgan fingerprint density at radius 1 is 1.38 bits per heavy atom. The van der Waals surface area contributed by atoms with Crippen molar-refractivity contribution in [2.45, 2.75) is 52.9 Å². The standard InChI is InChI=1S/C16H26/c1-5-14-13(4)16-12(3)8-6-7-11(2)9-10-15(14)16/h7,13-16H,3,5-6,8-10H2,1-2,4H3/b11-7-/t13-,14-,15+,16+/m1/s1. The smallest absolute Gasteiger partial charge is 0.0146 e. The van der Waals surface area contributed by atoms with Gasteiger partial charge in [-0.05, 0) is 56.3 Å². The Labute approximate surface area is 101 Å². The monoisotopic (exact) mass is 218 g/mol. The third-order valence-electron chi connectivity index (χ3n) is 5.03. The molecule has 0 amide bonds. The molecule has 2 aliphatic carbocycles. The molecule has 0 bridgehead atoms. The van der Waals surface area contributed by atoms with Crippen molar-refractivity contribution in [1.29, 1.82) is 0 Å². The molecule has 0 aromatic carbocycles. The summed E-state index contributed by atoms with van der Waals surface area (Å²) in [5.41, 5.74) is 3.14. The van der Waals surface area contributed by atoms with E-state index in [0.717, 1.165) is 23.7 Å². The lowest BCUT2D eigenvalue weighted by Gasteiger charge is -2.52. The molecule has 0 heterocycles. The number of rotatable bonds is 1. The molecular weight excluding hydrogens is 192 g/mol. The fourth-order valence-electron chi connectivity index (χ4n) is 4.08. The van der Waals surface area contributed by atoms with Crippen LogP contribution in [0, 0.1) is 23.7 Å². The van der Waals surface area contributed by atoms with Gasteiger partial charge in [-0.1, -0.05) is 44.1 Å². The first kappa shape index (κ1) is 12.0. The lowest BCUT2D eigenvalue weighted by Crippen LogP contribution is -2.45. The van der Waals surface area contributed by atoms with E-state index in [1.807, 2.05) is 0 Å². The summed E-state index contributed by atoms with van der Waals surface area (Å²) in [5, 5.41) is 0.